The quantitative estimate of drug-likeness (QED) is 0.549. The molecule has 0 aliphatic carbocycles. The molecule has 8 heteroatoms. The molecule has 32 heavy (non-hydrogen) atoms. The molecule has 2 rings (SSSR count). The molecule has 0 bridgehead atoms. The van der Waals surface area contributed by atoms with Crippen LogP contribution in [0, 0.1) is 5.92 Å². The molecule has 2 amide bonds. The molecule has 8 nitrogen and oxygen atoms in total. The molecule has 0 saturated carbocycles. The van der Waals surface area contributed by atoms with Gasteiger partial charge in [-0.05, 0) is 23.1 Å². The van der Waals surface area contributed by atoms with Crippen molar-refractivity contribution in [2.45, 2.75) is 39.0 Å². The van der Waals surface area contributed by atoms with Crippen LogP contribution in [0.15, 0.2) is 54.6 Å². The molecule has 0 radical (unpaired) electrons. The zero-order chi connectivity index (χ0) is 23.5. The molecule has 172 valence electrons. The monoisotopic (exact) mass is 442 g/mol. The summed E-state index contributed by atoms with van der Waals surface area (Å²) in [6.45, 7) is 3.65. The smallest absolute Gasteiger partial charge is 0.408 e. The van der Waals surface area contributed by atoms with Crippen molar-refractivity contribution in [1.82, 2.24) is 10.6 Å². The van der Waals surface area contributed by atoms with Crippen LogP contribution in [0.5, 0.6) is 5.75 Å². The fraction of sp³-hybridized carbons (Fsp3) is 0.375. The highest BCUT2D eigenvalue weighted by molar-refractivity contribution is 5.90. The maximum atomic E-state index is 12.9. The van der Waals surface area contributed by atoms with Crippen molar-refractivity contribution in [3.63, 3.8) is 0 Å². The number of rotatable bonds is 10. The van der Waals surface area contributed by atoms with E-state index in [4.69, 9.17) is 14.2 Å². The van der Waals surface area contributed by atoms with Crippen molar-refractivity contribution in [2.75, 3.05) is 14.2 Å². The van der Waals surface area contributed by atoms with E-state index in [2.05, 4.69) is 10.6 Å². The van der Waals surface area contributed by atoms with Gasteiger partial charge in [0.1, 0.15) is 24.4 Å². The molecule has 2 atom stereocenters. The summed E-state index contributed by atoms with van der Waals surface area (Å²) in [7, 11) is 2.78. The largest absolute Gasteiger partial charge is 0.496 e. The van der Waals surface area contributed by atoms with E-state index < -0.39 is 30.1 Å². The highest BCUT2D eigenvalue weighted by Crippen LogP contribution is 2.19. The lowest BCUT2D eigenvalue weighted by atomic mass is 10.0. The van der Waals surface area contributed by atoms with Crippen LogP contribution in [0.25, 0.3) is 0 Å². The van der Waals surface area contributed by atoms with E-state index >= 15 is 0 Å². The lowest BCUT2D eigenvalue weighted by Crippen LogP contribution is -2.54. The van der Waals surface area contributed by atoms with Crippen LogP contribution < -0.4 is 15.4 Å². The van der Waals surface area contributed by atoms with Crippen molar-refractivity contribution in [3.05, 3.63) is 65.7 Å². The number of alkyl carbamates (subject to hydrolysis) is 1. The number of carbonyl (C=O) groups excluding carboxylic acids is 3. The minimum atomic E-state index is -0.952. The van der Waals surface area contributed by atoms with E-state index in [0.29, 0.717) is 5.75 Å². The molecule has 0 aliphatic heterocycles. The van der Waals surface area contributed by atoms with Crippen LogP contribution in [0.4, 0.5) is 4.79 Å². The maximum Gasteiger partial charge on any atom is 0.408 e. The van der Waals surface area contributed by atoms with Gasteiger partial charge in [-0.3, -0.25) is 4.79 Å². The third-order valence-electron chi connectivity index (χ3n) is 4.85. The zero-order valence-corrected chi connectivity index (χ0v) is 18.8. The van der Waals surface area contributed by atoms with Gasteiger partial charge in [-0.1, -0.05) is 62.4 Å². The Hall–Kier alpha value is -3.55. The SMILES string of the molecule is COC(=O)[C@@H](Cc1ccccc1OC)NC(=O)[C@H](NC(=O)OCc1ccccc1)C(C)C. The van der Waals surface area contributed by atoms with Crippen molar-refractivity contribution in [3.8, 4) is 5.75 Å². The summed E-state index contributed by atoms with van der Waals surface area (Å²) in [6, 6.07) is 14.6. The second-order valence-corrected chi connectivity index (χ2v) is 7.53. The van der Waals surface area contributed by atoms with Gasteiger partial charge in [-0.25, -0.2) is 9.59 Å². The third-order valence-corrected chi connectivity index (χ3v) is 4.85. The maximum absolute atomic E-state index is 12.9. The van der Waals surface area contributed by atoms with E-state index in [-0.39, 0.29) is 18.9 Å². The van der Waals surface area contributed by atoms with E-state index in [1.165, 1.54) is 14.2 Å². The van der Waals surface area contributed by atoms with Gasteiger partial charge in [-0.2, -0.15) is 0 Å². The molecule has 2 aromatic carbocycles. The predicted octanol–water partition coefficient (Wildman–Crippen LogP) is 2.85. The Morgan fingerprint density at radius 3 is 2.19 bits per heavy atom. The Kier molecular flexibility index (Phi) is 9.53. The van der Waals surface area contributed by atoms with Gasteiger partial charge in [0.2, 0.25) is 5.91 Å². The number of nitrogens with one attached hydrogen (secondary N) is 2. The summed E-state index contributed by atoms with van der Waals surface area (Å²) in [5, 5.41) is 5.27. The fourth-order valence-corrected chi connectivity index (χ4v) is 3.12. The Morgan fingerprint density at radius 2 is 1.56 bits per heavy atom. The molecule has 0 heterocycles. The van der Waals surface area contributed by atoms with E-state index in [9.17, 15) is 14.4 Å². The van der Waals surface area contributed by atoms with Gasteiger partial charge >= 0.3 is 12.1 Å². The van der Waals surface area contributed by atoms with Gasteiger partial charge in [-0.15, -0.1) is 0 Å². The number of carbonyl (C=O) groups is 3. The highest BCUT2D eigenvalue weighted by atomic mass is 16.5. The van der Waals surface area contributed by atoms with Crippen molar-refractivity contribution >= 4 is 18.0 Å². The van der Waals surface area contributed by atoms with Crippen LogP contribution in [-0.4, -0.2) is 44.3 Å². The molecular formula is C24H30N2O6. The van der Waals surface area contributed by atoms with Crippen LogP contribution in [0.2, 0.25) is 0 Å². The molecule has 0 fully saturated rings. The summed E-state index contributed by atoms with van der Waals surface area (Å²) in [4.78, 5) is 37.5. The number of amides is 2. The average Bonchev–Trinajstić information content (AvgIpc) is 2.80. The number of benzene rings is 2. The highest BCUT2D eigenvalue weighted by Gasteiger charge is 2.30. The number of esters is 1. The normalized spacial score (nSPS) is 12.4. The molecular weight excluding hydrogens is 412 g/mol. The summed E-state index contributed by atoms with van der Waals surface area (Å²) in [5.74, 6) is -0.761. The van der Waals surface area contributed by atoms with Crippen LogP contribution >= 0.6 is 0 Å². The number of para-hydroxylation sites is 1. The Morgan fingerprint density at radius 1 is 0.906 bits per heavy atom. The van der Waals surface area contributed by atoms with E-state index in [1.807, 2.05) is 42.5 Å². The first-order valence-electron chi connectivity index (χ1n) is 10.3. The minimum Gasteiger partial charge on any atom is -0.496 e. The lowest BCUT2D eigenvalue weighted by molar-refractivity contribution is -0.145. The van der Waals surface area contributed by atoms with E-state index in [0.717, 1.165) is 11.1 Å². The molecule has 2 N–H and O–H groups in total. The third kappa shape index (κ3) is 7.30. The van der Waals surface area contributed by atoms with Crippen LogP contribution in [0.3, 0.4) is 0 Å². The standard InChI is InChI=1S/C24H30N2O6/c1-16(2)21(26-24(29)32-15-17-10-6-5-7-11-17)22(27)25-19(23(28)31-4)14-18-12-8-9-13-20(18)30-3/h5-13,16,19,21H,14-15H2,1-4H3,(H,25,27)(H,26,29)/t19-,21-/m1/s1. The average molecular weight is 443 g/mol. The van der Waals surface area contributed by atoms with Gasteiger partial charge in [0.05, 0.1) is 14.2 Å². The predicted molar refractivity (Wildman–Crippen MR) is 119 cm³/mol. The second kappa shape index (κ2) is 12.3. The number of hydrogen-bond acceptors (Lipinski definition) is 6. The molecule has 0 aromatic heterocycles. The summed E-state index contributed by atoms with van der Waals surface area (Å²) < 4.78 is 15.4. The molecule has 0 aliphatic rings. The molecule has 2 aromatic rings. The second-order valence-electron chi connectivity index (χ2n) is 7.53. The summed E-state index contributed by atoms with van der Waals surface area (Å²) in [5.41, 5.74) is 1.57. The Bertz CT molecular complexity index is 900. The summed E-state index contributed by atoms with van der Waals surface area (Å²) >= 11 is 0. The summed E-state index contributed by atoms with van der Waals surface area (Å²) in [6.07, 6.45) is -0.548. The molecule has 0 unspecified atom stereocenters. The number of ether oxygens (including phenoxy) is 3. The van der Waals surface area contributed by atoms with Crippen molar-refractivity contribution < 1.29 is 28.6 Å². The first kappa shape index (κ1) is 24.7. The van der Waals surface area contributed by atoms with Crippen LogP contribution in [-0.2, 0) is 32.1 Å². The topological polar surface area (TPSA) is 103 Å². The zero-order valence-electron chi connectivity index (χ0n) is 18.8. The number of methoxy groups -OCH3 is 2. The van der Waals surface area contributed by atoms with Gasteiger partial charge < -0.3 is 24.8 Å². The fourth-order valence-electron chi connectivity index (χ4n) is 3.12. The lowest BCUT2D eigenvalue weighted by Gasteiger charge is -2.24. The van der Waals surface area contributed by atoms with Gasteiger partial charge in [0, 0.05) is 6.42 Å². The molecule has 0 saturated heterocycles. The first-order chi connectivity index (χ1) is 15.3. The number of hydrogen-bond donors (Lipinski definition) is 2. The molecule has 0 spiro atoms. The Labute approximate surface area is 188 Å². The van der Waals surface area contributed by atoms with Crippen LogP contribution in [0.1, 0.15) is 25.0 Å². The first-order valence-corrected chi connectivity index (χ1v) is 10.3. The van der Waals surface area contributed by atoms with Gasteiger partial charge in [0.15, 0.2) is 0 Å². The van der Waals surface area contributed by atoms with E-state index in [1.54, 1.807) is 26.0 Å². The van der Waals surface area contributed by atoms with Crippen molar-refractivity contribution in [2.24, 2.45) is 5.92 Å². The van der Waals surface area contributed by atoms with Crippen molar-refractivity contribution in [1.29, 1.82) is 0 Å². The van der Waals surface area contributed by atoms with Gasteiger partial charge in [0.25, 0.3) is 0 Å². The Balaban J connectivity index is 2.05. The minimum absolute atomic E-state index is 0.0810.